The Morgan fingerprint density at radius 2 is 2.00 bits per heavy atom. The molecule has 3 rings (SSSR count). The number of halogens is 1. The lowest BCUT2D eigenvalue weighted by molar-refractivity contribution is 0.297. The number of fused-ring (bicyclic) bond motifs is 1. The number of benzene rings is 1. The minimum atomic E-state index is 0. The van der Waals surface area contributed by atoms with Crippen LogP contribution in [0.3, 0.4) is 0 Å². The van der Waals surface area contributed by atoms with Gasteiger partial charge in [-0.05, 0) is 30.0 Å². The monoisotopic (exact) mass is 417 g/mol. The van der Waals surface area contributed by atoms with Crippen molar-refractivity contribution in [2.45, 2.75) is 32.4 Å². The summed E-state index contributed by atoms with van der Waals surface area (Å²) in [7, 11) is 1.80. The van der Waals surface area contributed by atoms with E-state index in [0.29, 0.717) is 12.6 Å². The molecule has 1 aromatic carbocycles. The number of guanidine groups is 1. The fourth-order valence-corrected chi connectivity index (χ4v) is 2.40. The second-order valence-electron chi connectivity index (χ2n) is 5.72. The molecule has 0 saturated heterocycles. The van der Waals surface area contributed by atoms with Crippen molar-refractivity contribution in [1.29, 1.82) is 0 Å². The zero-order valence-corrected chi connectivity index (χ0v) is 15.4. The van der Waals surface area contributed by atoms with Gasteiger partial charge in [-0.2, -0.15) is 0 Å². The third-order valence-electron chi connectivity index (χ3n) is 3.93. The van der Waals surface area contributed by atoms with Gasteiger partial charge in [-0.15, -0.1) is 24.0 Å². The van der Waals surface area contributed by atoms with E-state index in [4.69, 9.17) is 9.47 Å². The van der Waals surface area contributed by atoms with Crippen LogP contribution < -0.4 is 20.1 Å². The number of nitrogens with one attached hydrogen (secondary N) is 2. The predicted molar refractivity (Wildman–Crippen MR) is 98.4 cm³/mol. The highest BCUT2D eigenvalue weighted by Crippen LogP contribution is 2.30. The lowest BCUT2D eigenvalue weighted by Gasteiger charge is -2.13. The van der Waals surface area contributed by atoms with E-state index >= 15 is 0 Å². The van der Waals surface area contributed by atoms with Crippen LogP contribution in [0.1, 0.15) is 25.3 Å². The van der Waals surface area contributed by atoms with Gasteiger partial charge in [0.1, 0.15) is 0 Å². The highest BCUT2D eigenvalue weighted by atomic mass is 127. The van der Waals surface area contributed by atoms with Crippen LogP contribution in [0.2, 0.25) is 0 Å². The van der Waals surface area contributed by atoms with Gasteiger partial charge in [0.05, 0.1) is 13.2 Å². The van der Waals surface area contributed by atoms with Crippen molar-refractivity contribution >= 4 is 29.9 Å². The van der Waals surface area contributed by atoms with Crippen LogP contribution in [0.25, 0.3) is 0 Å². The molecule has 5 nitrogen and oxygen atoms in total. The molecule has 1 aromatic rings. The van der Waals surface area contributed by atoms with Crippen LogP contribution in [0.15, 0.2) is 23.2 Å². The molecule has 2 aliphatic rings. The van der Waals surface area contributed by atoms with E-state index in [2.05, 4.69) is 28.6 Å². The smallest absolute Gasteiger partial charge is 0.191 e. The van der Waals surface area contributed by atoms with Crippen molar-refractivity contribution in [2.75, 3.05) is 20.3 Å². The van der Waals surface area contributed by atoms with E-state index in [0.717, 1.165) is 48.5 Å². The molecule has 122 valence electrons. The highest BCUT2D eigenvalue weighted by Gasteiger charge is 2.33. The summed E-state index contributed by atoms with van der Waals surface area (Å²) in [6.07, 6.45) is 2.16. The number of rotatable bonds is 3. The number of aliphatic imine (C=N–C) groups is 1. The summed E-state index contributed by atoms with van der Waals surface area (Å²) in [5, 5.41) is 6.76. The molecule has 1 saturated carbocycles. The van der Waals surface area contributed by atoms with Crippen LogP contribution in [0, 0.1) is 5.92 Å². The van der Waals surface area contributed by atoms with E-state index in [9.17, 15) is 0 Å². The SMILES string of the molecule is CN=C(NCc1ccc2c(c1)OCCCO2)NC1CC1C.I. The molecule has 1 heterocycles. The molecule has 2 unspecified atom stereocenters. The van der Waals surface area contributed by atoms with Crippen LogP contribution in [0.5, 0.6) is 11.5 Å². The van der Waals surface area contributed by atoms with Crippen LogP contribution in [0.4, 0.5) is 0 Å². The van der Waals surface area contributed by atoms with Gasteiger partial charge in [0.25, 0.3) is 0 Å². The van der Waals surface area contributed by atoms with Crippen molar-refractivity contribution < 1.29 is 9.47 Å². The van der Waals surface area contributed by atoms with Gasteiger partial charge in [-0.3, -0.25) is 4.99 Å². The number of ether oxygens (including phenoxy) is 2. The van der Waals surface area contributed by atoms with Gasteiger partial charge < -0.3 is 20.1 Å². The summed E-state index contributed by atoms with van der Waals surface area (Å²) >= 11 is 0. The molecule has 1 aliphatic heterocycles. The number of nitrogens with zero attached hydrogens (tertiary/aromatic N) is 1. The first-order valence-electron chi connectivity index (χ1n) is 7.62. The Kier molecular flexibility index (Phi) is 6.16. The molecule has 0 bridgehead atoms. The molecule has 22 heavy (non-hydrogen) atoms. The minimum Gasteiger partial charge on any atom is -0.490 e. The maximum absolute atomic E-state index is 5.71. The topological polar surface area (TPSA) is 54.9 Å². The zero-order valence-electron chi connectivity index (χ0n) is 13.1. The van der Waals surface area contributed by atoms with Crippen molar-refractivity contribution in [3.63, 3.8) is 0 Å². The number of hydrogen-bond acceptors (Lipinski definition) is 3. The van der Waals surface area contributed by atoms with Crippen LogP contribution in [-0.4, -0.2) is 32.3 Å². The largest absolute Gasteiger partial charge is 0.490 e. The molecule has 0 radical (unpaired) electrons. The Balaban J connectivity index is 0.00000176. The van der Waals surface area contributed by atoms with Gasteiger partial charge in [-0.25, -0.2) is 0 Å². The second-order valence-corrected chi connectivity index (χ2v) is 5.72. The molecule has 6 heteroatoms. The first kappa shape index (κ1) is 17.2. The molecule has 0 spiro atoms. The Bertz CT molecular complexity index is 536. The van der Waals surface area contributed by atoms with Crippen molar-refractivity contribution in [3.8, 4) is 11.5 Å². The third-order valence-corrected chi connectivity index (χ3v) is 3.93. The fraction of sp³-hybridized carbons (Fsp3) is 0.562. The molecule has 2 atom stereocenters. The van der Waals surface area contributed by atoms with Crippen LogP contribution >= 0.6 is 24.0 Å². The van der Waals surface area contributed by atoms with Crippen molar-refractivity contribution in [3.05, 3.63) is 23.8 Å². The number of hydrogen-bond donors (Lipinski definition) is 2. The molecule has 0 aromatic heterocycles. The molecule has 0 amide bonds. The fourth-order valence-electron chi connectivity index (χ4n) is 2.40. The van der Waals surface area contributed by atoms with Gasteiger partial charge in [0.2, 0.25) is 0 Å². The minimum absolute atomic E-state index is 0. The first-order chi connectivity index (χ1) is 10.3. The Labute approximate surface area is 148 Å². The summed E-state index contributed by atoms with van der Waals surface area (Å²) < 4.78 is 11.4. The lowest BCUT2D eigenvalue weighted by Crippen LogP contribution is -2.38. The van der Waals surface area contributed by atoms with Gasteiger partial charge >= 0.3 is 0 Å². The molecule has 1 fully saturated rings. The third kappa shape index (κ3) is 4.41. The molecular formula is C16H24IN3O2. The van der Waals surface area contributed by atoms with Gasteiger partial charge in [-0.1, -0.05) is 13.0 Å². The Morgan fingerprint density at radius 3 is 2.68 bits per heavy atom. The highest BCUT2D eigenvalue weighted by molar-refractivity contribution is 14.0. The van der Waals surface area contributed by atoms with Crippen LogP contribution in [-0.2, 0) is 6.54 Å². The summed E-state index contributed by atoms with van der Waals surface area (Å²) in [4.78, 5) is 4.26. The molecule has 1 aliphatic carbocycles. The van der Waals surface area contributed by atoms with E-state index in [1.807, 2.05) is 12.1 Å². The van der Waals surface area contributed by atoms with Crippen molar-refractivity contribution in [2.24, 2.45) is 10.9 Å². The second kappa shape index (κ2) is 7.89. The predicted octanol–water partition coefficient (Wildman–Crippen LogP) is 2.54. The first-order valence-corrected chi connectivity index (χ1v) is 7.62. The Hall–Kier alpha value is -1.18. The van der Waals surface area contributed by atoms with E-state index in [1.165, 1.54) is 6.42 Å². The zero-order chi connectivity index (χ0) is 14.7. The average molecular weight is 417 g/mol. The van der Waals surface area contributed by atoms with E-state index in [1.54, 1.807) is 7.05 Å². The van der Waals surface area contributed by atoms with Crippen molar-refractivity contribution in [1.82, 2.24) is 10.6 Å². The van der Waals surface area contributed by atoms with E-state index < -0.39 is 0 Å². The Morgan fingerprint density at radius 1 is 1.27 bits per heavy atom. The average Bonchev–Trinajstić information content (AvgIpc) is 3.24. The van der Waals surface area contributed by atoms with E-state index in [-0.39, 0.29) is 24.0 Å². The summed E-state index contributed by atoms with van der Waals surface area (Å²) in [6, 6.07) is 6.66. The normalized spacial score (nSPS) is 23.1. The standard InChI is InChI=1S/C16H23N3O2.HI/c1-11-8-13(11)19-16(17-2)18-10-12-4-5-14-15(9-12)21-7-3-6-20-14;/h4-5,9,11,13H,3,6-8,10H2,1-2H3,(H2,17,18,19);1H. The lowest BCUT2D eigenvalue weighted by atomic mass is 10.2. The quantitative estimate of drug-likeness (QED) is 0.451. The molecular weight excluding hydrogens is 393 g/mol. The summed E-state index contributed by atoms with van der Waals surface area (Å²) in [5.41, 5.74) is 1.16. The van der Waals surface area contributed by atoms with Gasteiger partial charge in [0.15, 0.2) is 17.5 Å². The molecule has 2 N–H and O–H groups in total. The van der Waals surface area contributed by atoms with Gasteiger partial charge in [0, 0.05) is 26.1 Å². The summed E-state index contributed by atoms with van der Waals surface area (Å²) in [6.45, 7) is 4.40. The maximum Gasteiger partial charge on any atom is 0.191 e. The maximum atomic E-state index is 5.71. The summed E-state index contributed by atoms with van der Waals surface area (Å²) in [5.74, 6) is 3.29.